The fourth-order valence-corrected chi connectivity index (χ4v) is 4.34. The summed E-state index contributed by atoms with van der Waals surface area (Å²) in [5.41, 5.74) is 4.35. The third-order valence-corrected chi connectivity index (χ3v) is 4.37. The monoisotopic (exact) mass is 194 g/mol. The summed E-state index contributed by atoms with van der Waals surface area (Å²) in [5.74, 6) is 2.90. The molecule has 0 aromatic carbocycles. The van der Waals surface area contributed by atoms with Gasteiger partial charge in [-0.15, -0.1) is 0 Å². The summed E-state index contributed by atoms with van der Waals surface area (Å²) >= 11 is 0. The molecule has 4 aliphatic carbocycles. The summed E-state index contributed by atoms with van der Waals surface area (Å²) in [4.78, 5) is 5.82. The standard InChI is InChI=1S/C12H20NO/c1-2-13-14-12-6-9-3-10(7-12)5-11(4-9)8-12/h9-11H,2-8H2,1H3. The average Bonchev–Trinajstić information content (AvgIpc) is 2.12. The van der Waals surface area contributed by atoms with Crippen LogP contribution in [0.25, 0.3) is 0 Å². The van der Waals surface area contributed by atoms with E-state index < -0.39 is 0 Å². The molecule has 0 spiro atoms. The van der Waals surface area contributed by atoms with Gasteiger partial charge >= 0.3 is 0 Å². The second-order valence-electron chi connectivity index (χ2n) is 5.64. The average molecular weight is 194 g/mol. The molecule has 4 bridgehead atoms. The van der Waals surface area contributed by atoms with E-state index >= 15 is 0 Å². The van der Waals surface area contributed by atoms with Crippen LogP contribution in [0.2, 0.25) is 0 Å². The zero-order chi connectivity index (χ0) is 9.60. The summed E-state index contributed by atoms with van der Waals surface area (Å²) in [6, 6.07) is 0. The smallest absolute Gasteiger partial charge is 0.0925 e. The molecule has 0 N–H and O–H groups in total. The van der Waals surface area contributed by atoms with E-state index in [0.717, 1.165) is 24.3 Å². The molecule has 2 heteroatoms. The van der Waals surface area contributed by atoms with Crippen molar-refractivity contribution in [3.63, 3.8) is 0 Å². The van der Waals surface area contributed by atoms with Gasteiger partial charge < -0.3 is 0 Å². The number of hydroxylamine groups is 1. The molecular weight excluding hydrogens is 174 g/mol. The van der Waals surface area contributed by atoms with E-state index in [-0.39, 0.29) is 5.60 Å². The van der Waals surface area contributed by atoms with Crippen molar-refractivity contribution in [2.45, 2.75) is 51.0 Å². The first kappa shape index (κ1) is 9.17. The fourth-order valence-electron chi connectivity index (χ4n) is 4.34. The largest absolute Gasteiger partial charge is 0.275 e. The minimum Gasteiger partial charge on any atom is -0.275 e. The van der Waals surface area contributed by atoms with Crippen LogP contribution in [0.3, 0.4) is 0 Å². The molecule has 0 heterocycles. The minimum absolute atomic E-state index is 0.185. The van der Waals surface area contributed by atoms with Gasteiger partial charge in [0.25, 0.3) is 0 Å². The van der Waals surface area contributed by atoms with Crippen LogP contribution in [0.1, 0.15) is 45.4 Å². The highest BCUT2D eigenvalue weighted by molar-refractivity contribution is 5.02. The number of hydrogen-bond acceptors (Lipinski definition) is 1. The minimum atomic E-state index is 0.185. The van der Waals surface area contributed by atoms with Crippen molar-refractivity contribution in [3.05, 3.63) is 0 Å². The van der Waals surface area contributed by atoms with Gasteiger partial charge in [-0.05, 0) is 63.2 Å². The van der Waals surface area contributed by atoms with Crippen molar-refractivity contribution in [1.82, 2.24) is 5.48 Å². The molecule has 0 aromatic heterocycles. The topological polar surface area (TPSA) is 23.3 Å². The lowest BCUT2D eigenvalue weighted by molar-refractivity contribution is -0.198. The van der Waals surface area contributed by atoms with Crippen LogP contribution in [-0.4, -0.2) is 12.1 Å². The van der Waals surface area contributed by atoms with Crippen molar-refractivity contribution in [1.29, 1.82) is 0 Å². The molecule has 0 aliphatic heterocycles. The van der Waals surface area contributed by atoms with Gasteiger partial charge in [0.15, 0.2) is 0 Å². The van der Waals surface area contributed by atoms with Crippen molar-refractivity contribution in [2.75, 3.05) is 6.54 Å². The molecule has 4 fully saturated rings. The molecule has 79 valence electrons. The van der Waals surface area contributed by atoms with E-state index in [1.54, 1.807) is 0 Å². The molecule has 0 amide bonds. The summed E-state index contributed by atoms with van der Waals surface area (Å²) in [6.07, 6.45) is 8.33. The van der Waals surface area contributed by atoms with Crippen molar-refractivity contribution in [2.24, 2.45) is 17.8 Å². The van der Waals surface area contributed by atoms with Crippen LogP contribution < -0.4 is 5.48 Å². The molecule has 4 rings (SSSR count). The van der Waals surface area contributed by atoms with Crippen LogP contribution in [0.15, 0.2) is 0 Å². The second kappa shape index (κ2) is 3.21. The fraction of sp³-hybridized carbons (Fsp3) is 1.00. The maximum atomic E-state index is 5.82. The predicted molar refractivity (Wildman–Crippen MR) is 54.7 cm³/mol. The van der Waals surface area contributed by atoms with E-state index in [1.807, 2.05) is 0 Å². The third-order valence-electron chi connectivity index (χ3n) is 4.37. The molecule has 0 atom stereocenters. The van der Waals surface area contributed by atoms with E-state index in [9.17, 15) is 0 Å². The highest BCUT2D eigenvalue weighted by Crippen LogP contribution is 2.56. The van der Waals surface area contributed by atoms with Crippen molar-refractivity contribution < 1.29 is 4.84 Å². The van der Waals surface area contributed by atoms with Gasteiger partial charge in [-0.25, -0.2) is 0 Å². The highest BCUT2D eigenvalue weighted by Gasteiger charge is 2.52. The molecule has 2 nitrogen and oxygen atoms in total. The Morgan fingerprint density at radius 3 is 2.00 bits per heavy atom. The Balaban J connectivity index is 1.74. The number of hydrogen-bond donors (Lipinski definition) is 0. The van der Waals surface area contributed by atoms with Crippen LogP contribution in [0.5, 0.6) is 0 Å². The summed E-state index contributed by atoms with van der Waals surface area (Å²) in [5, 5.41) is 0. The third kappa shape index (κ3) is 1.40. The van der Waals surface area contributed by atoms with Crippen molar-refractivity contribution >= 4 is 0 Å². The number of rotatable bonds is 3. The maximum Gasteiger partial charge on any atom is 0.0925 e. The maximum absolute atomic E-state index is 5.82. The summed E-state index contributed by atoms with van der Waals surface area (Å²) in [7, 11) is 0. The first-order valence-electron chi connectivity index (χ1n) is 6.14. The Bertz CT molecular complexity index is 191. The van der Waals surface area contributed by atoms with Gasteiger partial charge in [-0.2, -0.15) is 0 Å². The zero-order valence-electron chi connectivity index (χ0n) is 9.04. The lowest BCUT2D eigenvalue weighted by Gasteiger charge is -2.55. The van der Waals surface area contributed by atoms with Gasteiger partial charge in [0.05, 0.1) is 5.60 Å². The van der Waals surface area contributed by atoms with E-state index in [4.69, 9.17) is 4.84 Å². The Morgan fingerprint density at radius 1 is 1.07 bits per heavy atom. The van der Waals surface area contributed by atoms with Gasteiger partial charge in [-0.3, -0.25) is 4.84 Å². The first-order chi connectivity index (χ1) is 6.80. The van der Waals surface area contributed by atoms with E-state index in [2.05, 4.69) is 12.4 Å². The van der Waals surface area contributed by atoms with Crippen LogP contribution >= 0.6 is 0 Å². The normalized spacial score (nSPS) is 49.9. The summed E-state index contributed by atoms with van der Waals surface area (Å²) in [6.45, 7) is 2.86. The van der Waals surface area contributed by atoms with E-state index in [1.165, 1.54) is 38.5 Å². The SMILES string of the molecule is CC[N]OC12CC3CC(CC(C3)C1)C2. The van der Waals surface area contributed by atoms with Gasteiger partial charge in [0.1, 0.15) is 0 Å². The zero-order valence-corrected chi connectivity index (χ0v) is 9.04. The Kier molecular flexibility index (Phi) is 2.10. The quantitative estimate of drug-likeness (QED) is 0.633. The van der Waals surface area contributed by atoms with Crippen LogP contribution in [0.4, 0.5) is 0 Å². The summed E-state index contributed by atoms with van der Waals surface area (Å²) < 4.78 is 0. The molecule has 0 aromatic rings. The molecule has 4 saturated carbocycles. The highest BCUT2D eigenvalue weighted by atomic mass is 16.7. The Hall–Kier alpha value is -0.0800. The van der Waals surface area contributed by atoms with E-state index in [0.29, 0.717) is 0 Å². The van der Waals surface area contributed by atoms with Gasteiger partial charge in [0.2, 0.25) is 0 Å². The molecule has 1 radical (unpaired) electrons. The number of nitrogens with zero attached hydrogens (tertiary/aromatic N) is 1. The molecule has 0 unspecified atom stereocenters. The van der Waals surface area contributed by atoms with Gasteiger partial charge in [-0.1, -0.05) is 5.48 Å². The van der Waals surface area contributed by atoms with Crippen LogP contribution in [0, 0.1) is 17.8 Å². The molecule has 4 aliphatic rings. The molecular formula is C12H20NO. The lowest BCUT2D eigenvalue weighted by Crippen LogP contribution is -2.52. The first-order valence-corrected chi connectivity index (χ1v) is 6.14. The van der Waals surface area contributed by atoms with Crippen LogP contribution in [-0.2, 0) is 4.84 Å². The van der Waals surface area contributed by atoms with Crippen molar-refractivity contribution in [3.8, 4) is 0 Å². The van der Waals surface area contributed by atoms with Gasteiger partial charge in [0, 0.05) is 6.54 Å². The predicted octanol–water partition coefficient (Wildman–Crippen LogP) is 2.51. The molecule has 14 heavy (non-hydrogen) atoms. The molecule has 0 saturated heterocycles. The lowest BCUT2D eigenvalue weighted by atomic mass is 9.54. The second-order valence-corrected chi connectivity index (χ2v) is 5.64. The Morgan fingerprint density at radius 2 is 1.57 bits per heavy atom. The Labute approximate surface area is 86.4 Å².